The minimum atomic E-state index is 1.13. The molecule has 2 aromatic rings. The van der Waals surface area contributed by atoms with Gasteiger partial charge in [0, 0.05) is 18.7 Å². The van der Waals surface area contributed by atoms with Crippen molar-refractivity contribution < 1.29 is 0 Å². The molecule has 18 heavy (non-hydrogen) atoms. The molecule has 0 aliphatic heterocycles. The molecule has 0 atom stereocenters. The minimum absolute atomic E-state index is 1.13. The Kier molecular flexibility index (Phi) is 5.24. The number of hydrogen-bond acceptors (Lipinski definition) is 2. The van der Waals surface area contributed by atoms with Gasteiger partial charge < -0.3 is 0 Å². The van der Waals surface area contributed by atoms with Crippen molar-refractivity contribution in [3.05, 3.63) is 56.5 Å². The van der Waals surface area contributed by atoms with E-state index in [0.29, 0.717) is 0 Å². The third kappa shape index (κ3) is 3.80. The van der Waals surface area contributed by atoms with Crippen molar-refractivity contribution in [2.75, 3.05) is 0 Å². The fourth-order valence-electron chi connectivity index (χ4n) is 1.42. The molecule has 0 radical (unpaired) electrons. The van der Waals surface area contributed by atoms with E-state index in [-0.39, 0.29) is 0 Å². The second-order valence-corrected chi connectivity index (χ2v) is 8.03. The van der Waals surface area contributed by atoms with Crippen LogP contribution in [0.3, 0.4) is 0 Å². The molecule has 0 N–H and O–H groups in total. The Labute approximate surface area is 133 Å². The fraction of sp³-hybridized carbons (Fsp3) is 0.143. The van der Waals surface area contributed by atoms with Gasteiger partial charge in [0.2, 0.25) is 0 Å². The molecule has 0 bridgehead atoms. The van der Waals surface area contributed by atoms with E-state index in [1.54, 1.807) is 21.6 Å². The van der Waals surface area contributed by atoms with Crippen molar-refractivity contribution in [3.8, 4) is 0 Å². The van der Waals surface area contributed by atoms with Crippen LogP contribution in [0.25, 0.3) is 0 Å². The number of aryl methyl sites for hydroxylation is 2. The van der Waals surface area contributed by atoms with E-state index in [2.05, 4.69) is 82.1 Å². The molecule has 0 fully saturated rings. The Morgan fingerprint density at radius 3 is 1.50 bits per heavy atom. The zero-order chi connectivity index (χ0) is 13.1. The summed E-state index contributed by atoms with van der Waals surface area (Å²) in [5.41, 5.74) is 2.62. The highest BCUT2D eigenvalue weighted by Crippen LogP contribution is 2.41. The van der Waals surface area contributed by atoms with E-state index < -0.39 is 0 Å². The second-order valence-electron chi connectivity index (χ2n) is 3.99. The average molecular weight is 404 g/mol. The van der Waals surface area contributed by atoms with Gasteiger partial charge >= 0.3 is 0 Å². The molecule has 0 spiro atoms. The Morgan fingerprint density at radius 1 is 0.722 bits per heavy atom. The largest absolute Gasteiger partial charge is 0.0571 e. The summed E-state index contributed by atoms with van der Waals surface area (Å²) in [4.78, 5) is 2.60. The van der Waals surface area contributed by atoms with Crippen LogP contribution in [-0.2, 0) is 0 Å². The summed E-state index contributed by atoms with van der Waals surface area (Å²) in [7, 11) is 3.61. The van der Waals surface area contributed by atoms with E-state index in [0.717, 1.165) is 8.95 Å². The van der Waals surface area contributed by atoms with Crippen molar-refractivity contribution >= 4 is 53.4 Å². The van der Waals surface area contributed by atoms with Gasteiger partial charge in [-0.05, 0) is 49.2 Å². The molecule has 0 unspecified atom stereocenters. The highest BCUT2D eigenvalue weighted by molar-refractivity contribution is 9.10. The molecule has 0 nitrogen and oxygen atoms in total. The third-order valence-electron chi connectivity index (χ3n) is 2.52. The first-order valence-electron chi connectivity index (χ1n) is 5.43. The van der Waals surface area contributed by atoms with Crippen LogP contribution in [0.1, 0.15) is 11.1 Å². The molecule has 0 amide bonds. The molecule has 94 valence electrons. The van der Waals surface area contributed by atoms with Crippen molar-refractivity contribution in [2.45, 2.75) is 23.6 Å². The van der Waals surface area contributed by atoms with Crippen LogP contribution in [0, 0.1) is 13.8 Å². The van der Waals surface area contributed by atoms with E-state index in [1.807, 2.05) is 0 Å². The van der Waals surface area contributed by atoms with Gasteiger partial charge in [0.1, 0.15) is 0 Å². The molecule has 4 heteroatoms. The first-order valence-corrected chi connectivity index (χ1v) is 9.16. The van der Waals surface area contributed by atoms with Gasteiger partial charge in [0.05, 0.1) is 0 Å². The van der Waals surface area contributed by atoms with Crippen molar-refractivity contribution in [1.82, 2.24) is 0 Å². The van der Waals surface area contributed by atoms with Gasteiger partial charge in [-0.2, -0.15) is 0 Å². The molecule has 0 heterocycles. The maximum absolute atomic E-state index is 3.52. The van der Waals surface area contributed by atoms with Gasteiger partial charge in [-0.15, -0.1) is 0 Å². The number of halogens is 2. The van der Waals surface area contributed by atoms with E-state index >= 15 is 0 Å². The topological polar surface area (TPSA) is 0 Å². The summed E-state index contributed by atoms with van der Waals surface area (Å²) in [5, 5.41) is 0. The molecule has 0 saturated carbocycles. The standard InChI is InChI=1S/C14H12Br2S2/c1-9-3-5-11(15)7-13(9)17-18-14-8-12(16)6-4-10(14)2/h3-8H,1-2H3. The minimum Gasteiger partial charge on any atom is -0.0571 e. The summed E-state index contributed by atoms with van der Waals surface area (Å²) < 4.78 is 2.25. The Balaban J connectivity index is 2.16. The second kappa shape index (κ2) is 6.51. The summed E-state index contributed by atoms with van der Waals surface area (Å²) in [6, 6.07) is 12.8. The predicted octanol–water partition coefficient (Wildman–Crippen LogP) is 6.63. The van der Waals surface area contributed by atoms with Crippen LogP contribution in [0.15, 0.2) is 55.1 Å². The first kappa shape index (κ1) is 14.5. The van der Waals surface area contributed by atoms with Crippen molar-refractivity contribution in [2.24, 2.45) is 0 Å². The number of hydrogen-bond donors (Lipinski definition) is 0. The summed E-state index contributed by atoms with van der Waals surface area (Å²) >= 11 is 7.04. The summed E-state index contributed by atoms with van der Waals surface area (Å²) in [6.45, 7) is 4.28. The van der Waals surface area contributed by atoms with E-state index in [4.69, 9.17) is 0 Å². The van der Waals surface area contributed by atoms with E-state index in [9.17, 15) is 0 Å². The van der Waals surface area contributed by atoms with Crippen molar-refractivity contribution in [1.29, 1.82) is 0 Å². The van der Waals surface area contributed by atoms with E-state index in [1.165, 1.54) is 20.9 Å². The molecular formula is C14H12Br2S2. The van der Waals surface area contributed by atoms with Crippen LogP contribution < -0.4 is 0 Å². The summed E-state index contributed by atoms with van der Waals surface area (Å²) in [5.74, 6) is 0. The SMILES string of the molecule is Cc1ccc(Br)cc1SSc1cc(Br)ccc1C. The summed E-state index contributed by atoms with van der Waals surface area (Å²) in [6.07, 6.45) is 0. The van der Waals surface area contributed by atoms with Crippen LogP contribution in [-0.4, -0.2) is 0 Å². The smallest absolute Gasteiger partial charge is 0.0226 e. The predicted molar refractivity (Wildman–Crippen MR) is 89.5 cm³/mol. The first-order chi connectivity index (χ1) is 8.56. The lowest BCUT2D eigenvalue weighted by Crippen LogP contribution is -1.80. The molecule has 0 aliphatic rings. The fourth-order valence-corrected chi connectivity index (χ4v) is 4.99. The average Bonchev–Trinajstić information content (AvgIpc) is 2.34. The zero-order valence-electron chi connectivity index (χ0n) is 10.0. The molecule has 0 aliphatic carbocycles. The normalized spacial score (nSPS) is 10.7. The highest BCUT2D eigenvalue weighted by atomic mass is 79.9. The van der Waals surface area contributed by atoms with Crippen LogP contribution in [0.4, 0.5) is 0 Å². The molecule has 2 rings (SSSR count). The molecular weight excluding hydrogens is 392 g/mol. The maximum Gasteiger partial charge on any atom is 0.0226 e. The zero-order valence-corrected chi connectivity index (χ0v) is 14.8. The van der Waals surface area contributed by atoms with Crippen LogP contribution in [0.5, 0.6) is 0 Å². The van der Waals surface area contributed by atoms with Gasteiger partial charge in [-0.25, -0.2) is 0 Å². The lowest BCUT2D eigenvalue weighted by molar-refractivity contribution is 1.29. The monoisotopic (exact) mass is 402 g/mol. The molecule has 0 aromatic heterocycles. The Bertz CT molecular complexity index is 516. The molecule has 2 aromatic carbocycles. The Morgan fingerprint density at radius 2 is 1.11 bits per heavy atom. The Hall–Kier alpha value is 0.1000. The highest BCUT2D eigenvalue weighted by Gasteiger charge is 2.05. The van der Waals surface area contributed by atoms with Crippen LogP contribution >= 0.6 is 53.4 Å². The van der Waals surface area contributed by atoms with Crippen molar-refractivity contribution in [3.63, 3.8) is 0 Å². The number of rotatable bonds is 3. The quantitative estimate of drug-likeness (QED) is 0.527. The van der Waals surface area contributed by atoms with Crippen LogP contribution in [0.2, 0.25) is 0 Å². The van der Waals surface area contributed by atoms with Gasteiger partial charge in [0.25, 0.3) is 0 Å². The lowest BCUT2D eigenvalue weighted by Gasteiger charge is -2.08. The lowest BCUT2D eigenvalue weighted by atomic mass is 10.2. The third-order valence-corrected chi connectivity index (χ3v) is 6.16. The number of benzene rings is 2. The van der Waals surface area contributed by atoms with Gasteiger partial charge in [0.15, 0.2) is 0 Å². The molecule has 0 saturated heterocycles. The van der Waals surface area contributed by atoms with Gasteiger partial charge in [-0.1, -0.05) is 65.6 Å². The maximum atomic E-state index is 3.52. The van der Waals surface area contributed by atoms with Gasteiger partial charge in [-0.3, -0.25) is 0 Å².